The molecular formula is C23H32Cl2N6O3S. The van der Waals surface area contributed by atoms with Crippen LogP contribution in [-0.4, -0.2) is 72.6 Å². The summed E-state index contributed by atoms with van der Waals surface area (Å²) in [7, 11) is -3.17. The predicted molar refractivity (Wildman–Crippen MR) is 139 cm³/mol. The number of piperidine rings is 1. The number of aromatic nitrogens is 2. The quantitative estimate of drug-likeness (QED) is 0.594. The Bertz CT molecular complexity index is 1130. The number of hydrogen-bond donors (Lipinski definition) is 2. The largest absolute Gasteiger partial charge is 0.366 e. The molecule has 0 atom stereocenters. The van der Waals surface area contributed by atoms with E-state index in [0.717, 1.165) is 43.3 Å². The van der Waals surface area contributed by atoms with Gasteiger partial charge in [0, 0.05) is 31.2 Å². The smallest absolute Gasteiger partial charge is 0.272 e. The number of rotatable bonds is 5. The van der Waals surface area contributed by atoms with E-state index in [0.29, 0.717) is 34.1 Å². The number of nitrogens with two attached hydrogens (primary N) is 1. The number of nitrogens with one attached hydrogen (secondary N) is 1. The Labute approximate surface area is 217 Å². The first-order valence-corrected chi connectivity index (χ1v) is 14.2. The van der Waals surface area contributed by atoms with Crippen LogP contribution in [0.4, 0.5) is 5.82 Å². The van der Waals surface area contributed by atoms with Crippen LogP contribution in [0, 0.1) is 6.92 Å². The second-order valence-electron chi connectivity index (χ2n) is 8.89. The molecule has 4 rings (SSSR count). The van der Waals surface area contributed by atoms with Gasteiger partial charge in [0.1, 0.15) is 17.8 Å². The van der Waals surface area contributed by atoms with Crippen molar-refractivity contribution in [3.8, 4) is 0 Å². The average molecular weight is 544 g/mol. The molecule has 9 nitrogen and oxygen atoms in total. The summed E-state index contributed by atoms with van der Waals surface area (Å²) in [5.74, 6) is 0.652. The number of sulfonamides is 1. The zero-order valence-electron chi connectivity index (χ0n) is 20.0. The number of benzene rings is 1. The molecule has 0 aliphatic carbocycles. The van der Waals surface area contributed by atoms with Crippen LogP contribution in [0.5, 0.6) is 0 Å². The van der Waals surface area contributed by atoms with Crippen molar-refractivity contribution in [1.29, 1.82) is 0 Å². The molecule has 1 aromatic heterocycles. The van der Waals surface area contributed by atoms with Gasteiger partial charge in [-0.15, -0.1) is 0 Å². The van der Waals surface area contributed by atoms with Gasteiger partial charge in [0.05, 0.1) is 16.3 Å². The van der Waals surface area contributed by atoms with E-state index < -0.39 is 10.0 Å². The minimum absolute atomic E-state index is 0.00707. The van der Waals surface area contributed by atoms with Gasteiger partial charge in [-0.25, -0.2) is 23.5 Å². The molecule has 0 bridgehead atoms. The van der Waals surface area contributed by atoms with Gasteiger partial charge in [0.2, 0.25) is 10.0 Å². The average Bonchev–Trinajstić information content (AvgIpc) is 3.34. The Hall–Kier alpha value is -1.98. The number of amides is 1. The molecule has 0 spiro atoms. The van der Waals surface area contributed by atoms with Crippen LogP contribution in [0.25, 0.3) is 0 Å². The predicted octanol–water partition coefficient (Wildman–Crippen LogP) is 3.31. The lowest BCUT2D eigenvalue weighted by atomic mass is 10.0. The summed E-state index contributed by atoms with van der Waals surface area (Å²) in [5, 5.41) is 8.66. The standard InChI is InChI=1S/C22H27Cl2N5O.CH5NO2S/c1-15-20(22(30)29-10-6-17(7-11-29)28-8-2-3-9-28)26-14-27-21(15)25-13-16-4-5-18(23)19(24)12-16;1-5(2,3)4/h4-5,12,14,17H,2-3,6-11,13H2,1H3,(H,25,26,27);1H3,(H2,2,3,4). The number of halogens is 2. The van der Waals surface area contributed by atoms with Gasteiger partial charge in [-0.1, -0.05) is 29.3 Å². The summed E-state index contributed by atoms with van der Waals surface area (Å²) >= 11 is 12.1. The molecular weight excluding hydrogens is 511 g/mol. The Balaban J connectivity index is 0.000000623. The van der Waals surface area contributed by atoms with Gasteiger partial charge in [0.15, 0.2) is 0 Å². The first kappa shape index (κ1) is 27.6. The summed E-state index contributed by atoms with van der Waals surface area (Å²) in [6.07, 6.45) is 7.08. The molecule has 2 aliphatic rings. The fraction of sp³-hybridized carbons (Fsp3) is 0.522. The number of carbonyl (C=O) groups is 1. The van der Waals surface area contributed by atoms with Gasteiger partial charge < -0.3 is 15.1 Å². The highest BCUT2D eigenvalue weighted by Crippen LogP contribution is 2.25. The minimum atomic E-state index is -3.17. The highest BCUT2D eigenvalue weighted by Gasteiger charge is 2.30. The van der Waals surface area contributed by atoms with Crippen LogP contribution in [-0.2, 0) is 16.6 Å². The summed E-state index contributed by atoms with van der Waals surface area (Å²) < 4.78 is 18.8. The van der Waals surface area contributed by atoms with E-state index in [2.05, 4.69) is 25.3 Å². The summed E-state index contributed by atoms with van der Waals surface area (Å²) in [6, 6.07) is 6.12. The Morgan fingerprint density at radius 3 is 2.34 bits per heavy atom. The molecule has 2 aliphatic heterocycles. The fourth-order valence-electron chi connectivity index (χ4n) is 4.37. The van der Waals surface area contributed by atoms with Crippen LogP contribution in [0.15, 0.2) is 24.5 Å². The van der Waals surface area contributed by atoms with Gasteiger partial charge in [0.25, 0.3) is 5.91 Å². The Morgan fingerprint density at radius 2 is 1.74 bits per heavy atom. The fourth-order valence-corrected chi connectivity index (χ4v) is 4.69. The van der Waals surface area contributed by atoms with Crippen molar-refractivity contribution in [1.82, 2.24) is 19.8 Å². The lowest BCUT2D eigenvalue weighted by molar-refractivity contribution is 0.0638. The van der Waals surface area contributed by atoms with Gasteiger partial charge in [-0.3, -0.25) is 4.79 Å². The molecule has 35 heavy (non-hydrogen) atoms. The van der Waals surface area contributed by atoms with Crippen molar-refractivity contribution >= 4 is 45.0 Å². The molecule has 0 radical (unpaired) electrons. The van der Waals surface area contributed by atoms with Crippen molar-refractivity contribution in [2.24, 2.45) is 5.14 Å². The Kier molecular flexibility index (Phi) is 9.71. The Morgan fingerprint density at radius 1 is 1.11 bits per heavy atom. The molecule has 1 aromatic carbocycles. The van der Waals surface area contributed by atoms with E-state index in [9.17, 15) is 13.2 Å². The van der Waals surface area contributed by atoms with Crippen molar-refractivity contribution in [2.75, 3.05) is 37.8 Å². The van der Waals surface area contributed by atoms with Crippen LogP contribution in [0.3, 0.4) is 0 Å². The van der Waals surface area contributed by atoms with E-state index in [1.165, 1.54) is 32.3 Å². The normalized spacial score (nSPS) is 17.1. The zero-order chi connectivity index (χ0) is 25.6. The van der Waals surface area contributed by atoms with Gasteiger partial charge in [-0.2, -0.15) is 0 Å². The number of primary sulfonamides is 1. The number of hydrogen-bond acceptors (Lipinski definition) is 7. The second kappa shape index (κ2) is 12.3. The number of likely N-dealkylation sites (tertiary alicyclic amines) is 2. The van der Waals surface area contributed by atoms with Crippen LogP contribution in [0.1, 0.15) is 47.3 Å². The van der Waals surface area contributed by atoms with Crippen molar-refractivity contribution < 1.29 is 13.2 Å². The topological polar surface area (TPSA) is 122 Å². The molecule has 2 aromatic rings. The third kappa shape index (κ3) is 8.28. The van der Waals surface area contributed by atoms with Gasteiger partial charge in [-0.05, 0) is 63.4 Å². The van der Waals surface area contributed by atoms with E-state index in [1.807, 2.05) is 24.0 Å². The van der Waals surface area contributed by atoms with E-state index in [-0.39, 0.29) is 5.91 Å². The van der Waals surface area contributed by atoms with E-state index in [1.54, 1.807) is 6.07 Å². The SMILES string of the molecule is CS(N)(=O)=O.Cc1c(NCc2ccc(Cl)c(Cl)c2)ncnc1C(=O)N1CCC(N2CCCC2)CC1. The second-order valence-corrected chi connectivity index (χ2v) is 11.4. The number of carbonyl (C=O) groups excluding carboxylic acids is 1. The maximum absolute atomic E-state index is 13.1. The molecule has 2 fully saturated rings. The zero-order valence-corrected chi connectivity index (χ0v) is 22.3. The lowest BCUT2D eigenvalue weighted by Gasteiger charge is -2.36. The highest BCUT2D eigenvalue weighted by atomic mass is 35.5. The monoisotopic (exact) mass is 542 g/mol. The van der Waals surface area contributed by atoms with E-state index in [4.69, 9.17) is 23.2 Å². The van der Waals surface area contributed by atoms with Gasteiger partial charge >= 0.3 is 0 Å². The van der Waals surface area contributed by atoms with Crippen molar-refractivity contribution in [3.63, 3.8) is 0 Å². The number of anilines is 1. The third-order valence-corrected chi connectivity index (χ3v) is 6.88. The first-order chi connectivity index (χ1) is 16.5. The summed E-state index contributed by atoms with van der Waals surface area (Å²) in [5.41, 5.74) is 2.23. The highest BCUT2D eigenvalue weighted by molar-refractivity contribution is 7.88. The summed E-state index contributed by atoms with van der Waals surface area (Å²) in [6.45, 7) is 6.41. The van der Waals surface area contributed by atoms with Crippen LogP contribution in [0.2, 0.25) is 10.0 Å². The minimum Gasteiger partial charge on any atom is -0.366 e. The molecule has 3 heterocycles. The molecule has 1 amide bonds. The number of nitrogens with zero attached hydrogens (tertiary/aromatic N) is 4. The molecule has 3 N–H and O–H groups in total. The molecule has 12 heteroatoms. The van der Waals surface area contributed by atoms with Crippen molar-refractivity contribution in [2.45, 2.75) is 45.2 Å². The summed E-state index contributed by atoms with van der Waals surface area (Å²) in [4.78, 5) is 26.3. The van der Waals surface area contributed by atoms with Crippen LogP contribution >= 0.6 is 23.2 Å². The molecule has 0 unspecified atom stereocenters. The van der Waals surface area contributed by atoms with Crippen LogP contribution < -0.4 is 10.5 Å². The molecule has 0 saturated carbocycles. The van der Waals surface area contributed by atoms with E-state index >= 15 is 0 Å². The maximum Gasteiger partial charge on any atom is 0.272 e. The maximum atomic E-state index is 13.1. The molecule has 192 valence electrons. The first-order valence-electron chi connectivity index (χ1n) is 11.5. The third-order valence-electron chi connectivity index (χ3n) is 6.14. The molecule has 2 saturated heterocycles. The van der Waals surface area contributed by atoms with Crippen molar-refractivity contribution in [3.05, 3.63) is 51.4 Å². The lowest BCUT2D eigenvalue weighted by Crippen LogP contribution is -2.46.